The second kappa shape index (κ2) is 8.53. The van der Waals surface area contributed by atoms with Gasteiger partial charge >= 0.3 is 0 Å². The predicted molar refractivity (Wildman–Crippen MR) is 119 cm³/mol. The number of likely N-dealkylation sites (N-methyl/N-ethyl adjacent to an activating group) is 1. The molecule has 1 aromatic carbocycles. The number of hydrogen-bond donors (Lipinski definition) is 1. The summed E-state index contributed by atoms with van der Waals surface area (Å²) in [6, 6.07) is 12.0. The molecule has 4 rings (SSSR count). The summed E-state index contributed by atoms with van der Waals surface area (Å²) in [5, 5.41) is 3.09. The summed E-state index contributed by atoms with van der Waals surface area (Å²) in [6.45, 7) is 9.83. The summed E-state index contributed by atoms with van der Waals surface area (Å²) in [7, 11) is 2.15. The minimum absolute atomic E-state index is 0.0916. The molecule has 1 aliphatic rings. The Hall–Kier alpha value is -2.77. The van der Waals surface area contributed by atoms with Crippen molar-refractivity contribution in [3.63, 3.8) is 0 Å². The lowest BCUT2D eigenvalue weighted by Gasteiger charge is -2.43. The standard InChI is InChI=1S/C23H30N6O/c1-23(2,29-11-9-27(3)10-12-29)16-25-22(30)19-13-20-21(24-14-19)28(17-26-20)15-18-7-5-4-6-8-18/h4-8,13-14,17H,9-12,15-16H2,1-3H3,(H,25,30). The molecule has 0 radical (unpaired) electrons. The van der Waals surface area contributed by atoms with Crippen LogP contribution in [0.25, 0.3) is 11.2 Å². The maximum atomic E-state index is 12.8. The van der Waals surface area contributed by atoms with Crippen molar-refractivity contribution in [2.24, 2.45) is 0 Å². The van der Waals surface area contributed by atoms with Crippen LogP contribution in [0.5, 0.6) is 0 Å². The van der Waals surface area contributed by atoms with Crippen molar-refractivity contribution in [3.05, 3.63) is 60.0 Å². The van der Waals surface area contributed by atoms with E-state index in [0.29, 0.717) is 18.7 Å². The van der Waals surface area contributed by atoms with Gasteiger partial charge in [0.05, 0.1) is 18.4 Å². The van der Waals surface area contributed by atoms with E-state index in [1.165, 1.54) is 5.56 Å². The molecule has 1 aliphatic heterocycles. The van der Waals surface area contributed by atoms with Crippen molar-refractivity contribution in [1.29, 1.82) is 0 Å². The van der Waals surface area contributed by atoms with Crippen LogP contribution in [0.3, 0.4) is 0 Å². The van der Waals surface area contributed by atoms with Crippen molar-refractivity contribution in [1.82, 2.24) is 29.7 Å². The van der Waals surface area contributed by atoms with Gasteiger partial charge in [-0.2, -0.15) is 0 Å². The highest BCUT2D eigenvalue weighted by molar-refractivity contribution is 5.96. The van der Waals surface area contributed by atoms with E-state index in [4.69, 9.17) is 0 Å². The summed E-state index contributed by atoms with van der Waals surface area (Å²) in [4.78, 5) is 26.5. The van der Waals surface area contributed by atoms with E-state index in [1.54, 1.807) is 12.5 Å². The topological polar surface area (TPSA) is 66.3 Å². The second-order valence-corrected chi connectivity index (χ2v) is 8.71. The van der Waals surface area contributed by atoms with E-state index in [-0.39, 0.29) is 11.4 Å². The first-order valence-electron chi connectivity index (χ1n) is 10.5. The SMILES string of the molecule is CN1CCN(C(C)(C)CNC(=O)c2cnc3c(c2)ncn3Cc2ccccc2)CC1. The highest BCUT2D eigenvalue weighted by atomic mass is 16.1. The van der Waals surface area contributed by atoms with Crippen LogP contribution in [0.1, 0.15) is 29.8 Å². The molecule has 30 heavy (non-hydrogen) atoms. The highest BCUT2D eigenvalue weighted by Gasteiger charge is 2.29. The molecule has 1 fully saturated rings. The molecule has 1 N–H and O–H groups in total. The largest absolute Gasteiger partial charge is 0.350 e. The van der Waals surface area contributed by atoms with Gasteiger partial charge in [-0.3, -0.25) is 9.69 Å². The summed E-state index contributed by atoms with van der Waals surface area (Å²) < 4.78 is 2.00. The van der Waals surface area contributed by atoms with Crippen LogP contribution in [0, 0.1) is 0 Å². The van der Waals surface area contributed by atoms with Gasteiger partial charge < -0.3 is 14.8 Å². The molecule has 3 heterocycles. The molecule has 0 spiro atoms. The van der Waals surface area contributed by atoms with Gasteiger partial charge in [0.2, 0.25) is 0 Å². The lowest BCUT2D eigenvalue weighted by Crippen LogP contribution is -2.57. The molecular formula is C23H30N6O. The maximum absolute atomic E-state index is 12.8. The quantitative estimate of drug-likeness (QED) is 0.680. The first-order valence-corrected chi connectivity index (χ1v) is 10.5. The number of rotatable bonds is 6. The molecule has 7 heteroatoms. The normalized spacial score (nSPS) is 16.1. The number of nitrogens with one attached hydrogen (secondary N) is 1. The van der Waals surface area contributed by atoms with Crippen molar-refractivity contribution in [3.8, 4) is 0 Å². The summed E-state index contributed by atoms with van der Waals surface area (Å²) in [6.07, 6.45) is 3.42. The van der Waals surface area contributed by atoms with Crippen LogP contribution in [0.4, 0.5) is 0 Å². The fraction of sp³-hybridized carbons (Fsp3) is 0.435. The van der Waals surface area contributed by atoms with E-state index < -0.39 is 0 Å². The number of amides is 1. The van der Waals surface area contributed by atoms with Gasteiger partial charge in [-0.05, 0) is 32.5 Å². The summed E-state index contributed by atoms with van der Waals surface area (Å²) >= 11 is 0. The molecule has 0 aliphatic carbocycles. The Morgan fingerprint density at radius 2 is 1.83 bits per heavy atom. The Labute approximate surface area is 177 Å². The average molecular weight is 407 g/mol. The fourth-order valence-corrected chi connectivity index (χ4v) is 3.89. The van der Waals surface area contributed by atoms with Gasteiger partial charge in [-0.1, -0.05) is 30.3 Å². The third kappa shape index (κ3) is 4.52. The van der Waals surface area contributed by atoms with Crippen molar-refractivity contribution in [2.75, 3.05) is 39.8 Å². The van der Waals surface area contributed by atoms with Gasteiger partial charge in [0.25, 0.3) is 5.91 Å². The Kier molecular flexibility index (Phi) is 5.83. The molecule has 0 bridgehead atoms. The first-order chi connectivity index (χ1) is 14.4. The van der Waals surface area contributed by atoms with Gasteiger partial charge in [-0.15, -0.1) is 0 Å². The van der Waals surface area contributed by atoms with E-state index in [9.17, 15) is 4.79 Å². The molecule has 2 aromatic heterocycles. The molecule has 0 unspecified atom stereocenters. The van der Waals surface area contributed by atoms with E-state index in [2.05, 4.69) is 58.1 Å². The predicted octanol–water partition coefficient (Wildman–Crippen LogP) is 2.24. The van der Waals surface area contributed by atoms with Gasteiger partial charge in [0.15, 0.2) is 5.65 Å². The molecule has 0 saturated carbocycles. The molecule has 7 nitrogen and oxygen atoms in total. The zero-order valence-corrected chi connectivity index (χ0v) is 18.0. The Morgan fingerprint density at radius 3 is 2.57 bits per heavy atom. The molecule has 0 atom stereocenters. The van der Waals surface area contributed by atoms with E-state index in [1.807, 2.05) is 28.8 Å². The number of benzene rings is 1. The monoisotopic (exact) mass is 406 g/mol. The number of carbonyl (C=O) groups is 1. The molecule has 3 aromatic rings. The molecule has 1 amide bonds. The number of aromatic nitrogens is 3. The number of carbonyl (C=O) groups excluding carboxylic acids is 1. The van der Waals surface area contributed by atoms with Crippen LogP contribution in [0.15, 0.2) is 48.9 Å². The van der Waals surface area contributed by atoms with Crippen LogP contribution < -0.4 is 5.32 Å². The Balaban J connectivity index is 1.41. The van der Waals surface area contributed by atoms with Gasteiger partial charge in [0.1, 0.15) is 5.52 Å². The van der Waals surface area contributed by atoms with Crippen molar-refractivity contribution < 1.29 is 4.79 Å². The number of nitrogens with zero attached hydrogens (tertiary/aromatic N) is 5. The maximum Gasteiger partial charge on any atom is 0.252 e. The number of piperazine rings is 1. The number of hydrogen-bond acceptors (Lipinski definition) is 5. The van der Waals surface area contributed by atoms with E-state index in [0.717, 1.165) is 37.3 Å². The minimum Gasteiger partial charge on any atom is -0.350 e. The van der Waals surface area contributed by atoms with Gasteiger partial charge in [0, 0.05) is 44.5 Å². The lowest BCUT2D eigenvalue weighted by molar-refractivity contribution is 0.0588. The fourth-order valence-electron chi connectivity index (χ4n) is 3.89. The minimum atomic E-state index is -0.107. The van der Waals surface area contributed by atoms with Crippen molar-refractivity contribution >= 4 is 17.1 Å². The van der Waals surface area contributed by atoms with E-state index >= 15 is 0 Å². The number of pyridine rings is 1. The Morgan fingerprint density at radius 1 is 1.10 bits per heavy atom. The lowest BCUT2D eigenvalue weighted by atomic mass is 10.0. The number of fused-ring (bicyclic) bond motifs is 1. The first kappa shape index (κ1) is 20.5. The highest BCUT2D eigenvalue weighted by Crippen LogP contribution is 2.17. The van der Waals surface area contributed by atoms with Crippen LogP contribution >= 0.6 is 0 Å². The summed E-state index contributed by atoms with van der Waals surface area (Å²) in [5.74, 6) is -0.107. The van der Waals surface area contributed by atoms with Gasteiger partial charge in [-0.25, -0.2) is 9.97 Å². The second-order valence-electron chi connectivity index (χ2n) is 8.71. The number of imidazole rings is 1. The smallest absolute Gasteiger partial charge is 0.252 e. The molecular weight excluding hydrogens is 376 g/mol. The van der Waals surface area contributed by atoms with Crippen LogP contribution in [-0.4, -0.2) is 75.6 Å². The van der Waals surface area contributed by atoms with Crippen LogP contribution in [-0.2, 0) is 6.54 Å². The third-order valence-electron chi connectivity index (χ3n) is 5.95. The third-order valence-corrected chi connectivity index (χ3v) is 5.95. The van der Waals surface area contributed by atoms with Crippen molar-refractivity contribution in [2.45, 2.75) is 25.9 Å². The molecule has 158 valence electrons. The zero-order valence-electron chi connectivity index (χ0n) is 18.0. The Bertz CT molecular complexity index is 1000. The average Bonchev–Trinajstić information content (AvgIpc) is 3.15. The molecule has 1 saturated heterocycles. The zero-order chi connectivity index (χ0) is 21.1. The van der Waals surface area contributed by atoms with Crippen LogP contribution in [0.2, 0.25) is 0 Å². The summed E-state index contributed by atoms with van der Waals surface area (Å²) in [5.41, 5.74) is 3.16.